The van der Waals surface area contributed by atoms with E-state index < -0.39 is 5.60 Å². The van der Waals surface area contributed by atoms with Crippen molar-refractivity contribution in [3.8, 4) is 0 Å². The lowest BCUT2D eigenvalue weighted by Gasteiger charge is -2.28. The summed E-state index contributed by atoms with van der Waals surface area (Å²) in [7, 11) is 1.57. The molecular weight excluding hydrogens is 318 g/mol. The van der Waals surface area contributed by atoms with Crippen LogP contribution in [0.5, 0.6) is 0 Å². The number of rotatable bonds is 6. The van der Waals surface area contributed by atoms with Crippen molar-refractivity contribution in [1.29, 1.82) is 0 Å². The molecule has 0 aliphatic heterocycles. The van der Waals surface area contributed by atoms with Gasteiger partial charge in [0.1, 0.15) is 0 Å². The Hall–Kier alpha value is -0.460. The van der Waals surface area contributed by atoms with Crippen LogP contribution in [-0.2, 0) is 9.78 Å². The second kappa shape index (κ2) is 11.3. The smallest absolute Gasteiger partial charge is 0.0930 e. The molecule has 2 atom stereocenters. The predicted molar refractivity (Wildman–Crippen MR) is 101 cm³/mol. The van der Waals surface area contributed by atoms with Gasteiger partial charge in [-0.2, -0.15) is 0 Å². The van der Waals surface area contributed by atoms with Gasteiger partial charge in [-0.15, -0.1) is 0 Å². The third-order valence-electron chi connectivity index (χ3n) is 4.85. The number of nitrogens with one attached hydrogen (secondary N) is 1. The molecule has 5 nitrogen and oxygen atoms in total. The highest BCUT2D eigenvalue weighted by molar-refractivity contribution is 5.01. The van der Waals surface area contributed by atoms with Gasteiger partial charge in [0.15, 0.2) is 0 Å². The van der Waals surface area contributed by atoms with Crippen molar-refractivity contribution < 1.29 is 20.0 Å². The highest BCUT2D eigenvalue weighted by Crippen LogP contribution is 2.27. The number of aliphatic hydroxyl groups excluding tert-OH is 1. The van der Waals surface area contributed by atoms with Crippen LogP contribution in [0.4, 0.5) is 0 Å². The molecule has 0 spiro atoms. The first kappa shape index (κ1) is 22.6. The summed E-state index contributed by atoms with van der Waals surface area (Å²) in [6.07, 6.45) is 7.54. The average molecular weight is 358 g/mol. The molecular formula is C20H39NO4. The Balaban J connectivity index is 0.000000293. The minimum absolute atomic E-state index is 0.110. The van der Waals surface area contributed by atoms with E-state index in [9.17, 15) is 10.2 Å². The summed E-state index contributed by atoms with van der Waals surface area (Å²) in [6.45, 7) is 11.3. The summed E-state index contributed by atoms with van der Waals surface area (Å²) in [6, 6.07) is 0. The molecule has 0 aromatic rings. The zero-order valence-electron chi connectivity index (χ0n) is 16.6. The van der Waals surface area contributed by atoms with Gasteiger partial charge in [0.05, 0.1) is 24.9 Å². The van der Waals surface area contributed by atoms with Gasteiger partial charge in [-0.3, -0.25) is 0 Å². The molecule has 0 heterocycles. The lowest BCUT2D eigenvalue weighted by molar-refractivity contribution is -0.310. The van der Waals surface area contributed by atoms with E-state index in [1.807, 2.05) is 13.8 Å². The summed E-state index contributed by atoms with van der Waals surface area (Å²) in [5.74, 6) is 1.35. The second-order valence-electron chi connectivity index (χ2n) is 8.50. The lowest BCUT2D eigenvalue weighted by atomic mass is 9.86. The van der Waals surface area contributed by atoms with E-state index in [1.165, 1.54) is 18.4 Å². The van der Waals surface area contributed by atoms with Crippen molar-refractivity contribution in [2.45, 2.75) is 83.5 Å². The number of aliphatic hydroxyl groups is 2. The molecule has 2 fully saturated rings. The van der Waals surface area contributed by atoms with Crippen molar-refractivity contribution in [2.75, 3.05) is 20.2 Å². The maximum atomic E-state index is 9.56. The van der Waals surface area contributed by atoms with Gasteiger partial charge >= 0.3 is 0 Å². The topological polar surface area (TPSA) is 71.0 Å². The van der Waals surface area contributed by atoms with Crippen LogP contribution in [0, 0.1) is 11.8 Å². The van der Waals surface area contributed by atoms with Gasteiger partial charge in [0.25, 0.3) is 0 Å². The normalized spacial score (nSPS) is 30.6. The Labute approximate surface area is 153 Å². The van der Waals surface area contributed by atoms with Crippen molar-refractivity contribution in [3.63, 3.8) is 0 Å². The first-order valence-corrected chi connectivity index (χ1v) is 9.67. The van der Waals surface area contributed by atoms with Crippen LogP contribution in [0.1, 0.15) is 65.7 Å². The minimum atomic E-state index is -0.615. The molecule has 2 rings (SSSR count). The van der Waals surface area contributed by atoms with Crippen LogP contribution in [0.2, 0.25) is 0 Å². The number of hydrogen-bond donors (Lipinski definition) is 3. The zero-order chi connectivity index (χ0) is 18.9. The van der Waals surface area contributed by atoms with Crippen molar-refractivity contribution >= 4 is 0 Å². The summed E-state index contributed by atoms with van der Waals surface area (Å²) in [5, 5.41) is 22.1. The fourth-order valence-corrected chi connectivity index (χ4v) is 3.69. The summed E-state index contributed by atoms with van der Waals surface area (Å²) < 4.78 is 0. The fourth-order valence-electron chi connectivity index (χ4n) is 3.69. The third kappa shape index (κ3) is 11.0. The van der Waals surface area contributed by atoms with Gasteiger partial charge in [0, 0.05) is 6.54 Å². The van der Waals surface area contributed by atoms with Crippen LogP contribution in [0.15, 0.2) is 12.2 Å². The van der Waals surface area contributed by atoms with Crippen molar-refractivity contribution in [3.05, 3.63) is 12.2 Å². The van der Waals surface area contributed by atoms with Crippen LogP contribution in [0.3, 0.4) is 0 Å². The first-order valence-electron chi connectivity index (χ1n) is 9.67. The van der Waals surface area contributed by atoms with Gasteiger partial charge in [-0.05, 0) is 77.2 Å². The van der Waals surface area contributed by atoms with E-state index in [4.69, 9.17) is 9.78 Å². The second-order valence-corrected chi connectivity index (χ2v) is 8.50. The minimum Gasteiger partial charge on any atom is -0.393 e. The van der Waals surface area contributed by atoms with E-state index in [0.717, 1.165) is 38.6 Å². The van der Waals surface area contributed by atoms with E-state index in [1.54, 1.807) is 7.11 Å². The van der Waals surface area contributed by atoms with Crippen LogP contribution >= 0.6 is 0 Å². The van der Waals surface area contributed by atoms with Gasteiger partial charge in [-0.25, -0.2) is 9.78 Å². The van der Waals surface area contributed by atoms with Crippen molar-refractivity contribution in [2.24, 2.45) is 11.8 Å². The molecule has 148 valence electrons. The third-order valence-corrected chi connectivity index (χ3v) is 4.85. The Morgan fingerprint density at radius 2 is 1.84 bits per heavy atom. The van der Waals surface area contributed by atoms with Crippen LogP contribution in [-0.4, -0.2) is 48.2 Å². The molecule has 2 aliphatic rings. The molecule has 0 bridgehead atoms. The van der Waals surface area contributed by atoms with E-state index in [2.05, 4.69) is 18.8 Å². The molecule has 2 aliphatic carbocycles. The Kier molecular flexibility index (Phi) is 10.2. The molecule has 0 amide bonds. The summed E-state index contributed by atoms with van der Waals surface area (Å²) >= 11 is 0. The average Bonchev–Trinajstić information content (AvgIpc) is 2.47. The molecule has 3 N–H and O–H groups in total. The molecule has 2 saturated carbocycles. The highest BCUT2D eigenvalue weighted by Gasteiger charge is 2.22. The predicted octanol–water partition coefficient (Wildman–Crippen LogP) is 3.21. The Bertz CT molecular complexity index is 360. The Morgan fingerprint density at radius 1 is 1.20 bits per heavy atom. The fraction of sp³-hybridized carbons (Fsp3) is 0.900. The highest BCUT2D eigenvalue weighted by atomic mass is 17.2. The lowest BCUT2D eigenvalue weighted by Crippen LogP contribution is -2.38. The number of hydrogen-bond acceptors (Lipinski definition) is 5. The van der Waals surface area contributed by atoms with Crippen molar-refractivity contribution in [1.82, 2.24) is 5.32 Å². The van der Waals surface area contributed by atoms with Crippen LogP contribution < -0.4 is 5.32 Å². The Morgan fingerprint density at radius 3 is 2.32 bits per heavy atom. The summed E-state index contributed by atoms with van der Waals surface area (Å²) in [4.78, 5) is 9.82. The zero-order valence-corrected chi connectivity index (χ0v) is 16.6. The molecule has 0 saturated heterocycles. The first-order chi connectivity index (χ1) is 11.7. The molecule has 2 unspecified atom stereocenters. The molecule has 0 aromatic carbocycles. The van der Waals surface area contributed by atoms with E-state index >= 15 is 0 Å². The SMILES string of the molecule is C=C1CC(C)CC(O)C1.COOC1CCC(CNCC(C)(C)O)CC1. The van der Waals surface area contributed by atoms with Crippen LogP contribution in [0.25, 0.3) is 0 Å². The molecule has 25 heavy (non-hydrogen) atoms. The van der Waals surface area contributed by atoms with E-state index in [-0.39, 0.29) is 12.2 Å². The maximum Gasteiger partial charge on any atom is 0.0930 e. The molecule has 5 heteroatoms. The largest absolute Gasteiger partial charge is 0.393 e. The van der Waals surface area contributed by atoms with Gasteiger partial charge in [0.2, 0.25) is 0 Å². The molecule has 0 aromatic heterocycles. The molecule has 0 radical (unpaired) electrons. The van der Waals surface area contributed by atoms with Gasteiger partial charge in [-0.1, -0.05) is 19.1 Å². The maximum absolute atomic E-state index is 9.56. The van der Waals surface area contributed by atoms with E-state index in [0.29, 0.717) is 18.4 Å². The standard InChI is InChI=1S/C12H25NO3.C8H14O/c1-12(2,14)9-13-8-10-4-6-11(7-5-10)16-15-3;1-6-3-7(2)5-8(9)4-6/h10-11,13-14H,4-9H2,1-3H3;7-9H,1,3-5H2,2H3. The monoisotopic (exact) mass is 357 g/mol. The summed E-state index contributed by atoms with van der Waals surface area (Å²) in [5.41, 5.74) is 0.595. The quantitative estimate of drug-likeness (QED) is 0.387. The van der Waals surface area contributed by atoms with Gasteiger partial charge < -0.3 is 15.5 Å².